The monoisotopic (exact) mass is 313 g/mol. The Morgan fingerprint density at radius 2 is 2.15 bits per heavy atom. The number of nitrogens with one attached hydrogen (secondary N) is 1. The summed E-state index contributed by atoms with van der Waals surface area (Å²) in [5.74, 6) is -0.271. The highest BCUT2D eigenvalue weighted by atomic mass is 35.5. The topological polar surface area (TPSA) is 77.2 Å². The SMILES string of the molecule is CC(N)C(=O)NCCOc1ccc(C(F)(F)F)cn1.Cl. The second kappa shape index (κ2) is 7.91. The van der Waals surface area contributed by atoms with Crippen LogP contribution in [0.4, 0.5) is 13.2 Å². The van der Waals surface area contributed by atoms with Crippen LogP contribution in [0, 0.1) is 0 Å². The van der Waals surface area contributed by atoms with E-state index >= 15 is 0 Å². The molecule has 0 radical (unpaired) electrons. The van der Waals surface area contributed by atoms with Gasteiger partial charge in [-0.25, -0.2) is 4.98 Å². The number of carbonyl (C=O) groups excluding carboxylic acids is 1. The van der Waals surface area contributed by atoms with E-state index in [0.717, 1.165) is 12.1 Å². The Labute approximate surface area is 120 Å². The molecule has 3 N–H and O–H groups in total. The van der Waals surface area contributed by atoms with Gasteiger partial charge in [0.15, 0.2) is 0 Å². The molecule has 1 heterocycles. The molecule has 1 atom stereocenters. The summed E-state index contributed by atoms with van der Waals surface area (Å²) in [6.45, 7) is 1.83. The number of rotatable bonds is 5. The second-order valence-electron chi connectivity index (χ2n) is 3.81. The van der Waals surface area contributed by atoms with E-state index in [1.165, 1.54) is 6.92 Å². The zero-order valence-electron chi connectivity index (χ0n) is 10.6. The van der Waals surface area contributed by atoms with Gasteiger partial charge in [-0.3, -0.25) is 4.79 Å². The first-order valence-corrected chi connectivity index (χ1v) is 5.50. The Morgan fingerprint density at radius 1 is 1.50 bits per heavy atom. The number of amides is 1. The van der Waals surface area contributed by atoms with E-state index in [2.05, 4.69) is 10.3 Å². The van der Waals surface area contributed by atoms with E-state index in [0.29, 0.717) is 6.20 Å². The summed E-state index contributed by atoms with van der Waals surface area (Å²) in [6.07, 6.45) is -3.73. The summed E-state index contributed by atoms with van der Waals surface area (Å²) < 4.78 is 41.8. The van der Waals surface area contributed by atoms with Crippen LogP contribution in [0.15, 0.2) is 18.3 Å². The van der Waals surface area contributed by atoms with Crippen molar-refractivity contribution < 1.29 is 22.7 Å². The molecule has 0 aliphatic heterocycles. The van der Waals surface area contributed by atoms with Gasteiger partial charge < -0.3 is 15.8 Å². The number of pyridine rings is 1. The quantitative estimate of drug-likeness (QED) is 0.805. The number of nitrogens with zero attached hydrogens (tertiary/aromatic N) is 1. The summed E-state index contributed by atoms with van der Waals surface area (Å²) in [6, 6.07) is 1.38. The molecule has 1 rings (SSSR count). The molecule has 0 aliphatic rings. The van der Waals surface area contributed by atoms with Crippen molar-refractivity contribution in [2.75, 3.05) is 13.2 Å². The van der Waals surface area contributed by atoms with Crippen LogP contribution in [0.5, 0.6) is 5.88 Å². The smallest absolute Gasteiger partial charge is 0.417 e. The van der Waals surface area contributed by atoms with Crippen LogP contribution in [-0.2, 0) is 11.0 Å². The summed E-state index contributed by atoms with van der Waals surface area (Å²) in [7, 11) is 0. The summed E-state index contributed by atoms with van der Waals surface area (Å²) in [4.78, 5) is 14.6. The van der Waals surface area contributed by atoms with Gasteiger partial charge >= 0.3 is 6.18 Å². The van der Waals surface area contributed by atoms with E-state index in [4.69, 9.17) is 10.5 Å². The molecule has 0 spiro atoms. The van der Waals surface area contributed by atoms with Crippen LogP contribution in [-0.4, -0.2) is 30.1 Å². The molecule has 1 aromatic rings. The zero-order valence-corrected chi connectivity index (χ0v) is 11.4. The Hall–Kier alpha value is -1.54. The fourth-order valence-corrected chi connectivity index (χ4v) is 1.12. The molecular weight excluding hydrogens is 299 g/mol. The van der Waals surface area contributed by atoms with Crippen molar-refractivity contribution in [3.63, 3.8) is 0 Å². The lowest BCUT2D eigenvalue weighted by Gasteiger charge is -2.09. The molecule has 0 saturated carbocycles. The Kier molecular flexibility index (Phi) is 7.30. The predicted molar refractivity (Wildman–Crippen MR) is 68.6 cm³/mol. The lowest BCUT2D eigenvalue weighted by Crippen LogP contribution is -2.40. The Bertz CT molecular complexity index is 424. The van der Waals surface area contributed by atoms with Gasteiger partial charge in [-0.15, -0.1) is 12.4 Å². The van der Waals surface area contributed by atoms with Crippen LogP contribution >= 0.6 is 12.4 Å². The van der Waals surface area contributed by atoms with Crippen molar-refractivity contribution in [2.24, 2.45) is 5.73 Å². The number of hydrogen-bond donors (Lipinski definition) is 2. The minimum absolute atomic E-state index is 0. The molecule has 0 saturated heterocycles. The lowest BCUT2D eigenvalue weighted by molar-refractivity contribution is -0.137. The largest absolute Gasteiger partial charge is 0.476 e. The number of carbonyl (C=O) groups is 1. The van der Waals surface area contributed by atoms with E-state index < -0.39 is 17.8 Å². The van der Waals surface area contributed by atoms with Crippen LogP contribution < -0.4 is 15.8 Å². The second-order valence-corrected chi connectivity index (χ2v) is 3.81. The average Bonchev–Trinajstić information content (AvgIpc) is 2.33. The summed E-state index contributed by atoms with van der Waals surface area (Å²) in [5, 5.41) is 2.49. The molecule has 1 aromatic heterocycles. The molecule has 9 heteroatoms. The molecule has 5 nitrogen and oxygen atoms in total. The van der Waals surface area contributed by atoms with Crippen LogP contribution in [0.25, 0.3) is 0 Å². The maximum atomic E-state index is 12.3. The number of nitrogens with two attached hydrogens (primary N) is 1. The van der Waals surface area contributed by atoms with Gasteiger partial charge in [-0.1, -0.05) is 0 Å². The number of alkyl halides is 3. The average molecular weight is 314 g/mol. The van der Waals surface area contributed by atoms with Gasteiger partial charge in [0.05, 0.1) is 18.2 Å². The predicted octanol–water partition coefficient (Wildman–Crippen LogP) is 1.36. The molecule has 0 fully saturated rings. The highest BCUT2D eigenvalue weighted by molar-refractivity contribution is 5.85. The van der Waals surface area contributed by atoms with Gasteiger partial charge in [0, 0.05) is 12.3 Å². The van der Waals surface area contributed by atoms with E-state index in [-0.39, 0.29) is 37.3 Å². The molecule has 0 aromatic carbocycles. The lowest BCUT2D eigenvalue weighted by atomic mass is 10.3. The highest BCUT2D eigenvalue weighted by Gasteiger charge is 2.30. The maximum absolute atomic E-state index is 12.3. The highest BCUT2D eigenvalue weighted by Crippen LogP contribution is 2.29. The van der Waals surface area contributed by atoms with Crippen LogP contribution in [0.2, 0.25) is 0 Å². The van der Waals surface area contributed by atoms with Gasteiger partial charge in [-0.2, -0.15) is 13.2 Å². The van der Waals surface area contributed by atoms with E-state index in [1.807, 2.05) is 0 Å². The fourth-order valence-electron chi connectivity index (χ4n) is 1.12. The van der Waals surface area contributed by atoms with Gasteiger partial charge in [-0.05, 0) is 13.0 Å². The van der Waals surface area contributed by atoms with Crippen molar-refractivity contribution in [3.8, 4) is 5.88 Å². The molecule has 1 unspecified atom stereocenters. The third-order valence-electron chi connectivity index (χ3n) is 2.13. The Balaban J connectivity index is 0.00000361. The van der Waals surface area contributed by atoms with Crippen LogP contribution in [0.3, 0.4) is 0 Å². The standard InChI is InChI=1S/C11H14F3N3O2.ClH/c1-7(15)10(18)16-4-5-19-9-3-2-8(6-17-9)11(12,13)14;/h2-3,6-7H,4-5,15H2,1H3,(H,16,18);1H. The molecule has 1 amide bonds. The normalized spacial score (nSPS) is 12.2. The van der Waals surface area contributed by atoms with Crippen molar-refractivity contribution in [3.05, 3.63) is 23.9 Å². The van der Waals surface area contributed by atoms with Crippen LogP contribution in [0.1, 0.15) is 12.5 Å². The third kappa shape index (κ3) is 6.07. The van der Waals surface area contributed by atoms with E-state index in [9.17, 15) is 18.0 Å². The maximum Gasteiger partial charge on any atom is 0.417 e. The van der Waals surface area contributed by atoms with Crippen molar-refractivity contribution in [1.29, 1.82) is 0 Å². The van der Waals surface area contributed by atoms with Gasteiger partial charge in [0.25, 0.3) is 0 Å². The summed E-state index contributed by atoms with van der Waals surface area (Å²) in [5.41, 5.74) is 4.47. The van der Waals surface area contributed by atoms with Gasteiger partial charge in [0.1, 0.15) is 6.61 Å². The number of ether oxygens (including phenoxy) is 1. The van der Waals surface area contributed by atoms with Crippen molar-refractivity contribution in [2.45, 2.75) is 19.1 Å². The minimum Gasteiger partial charge on any atom is -0.476 e. The molecule has 20 heavy (non-hydrogen) atoms. The first kappa shape index (κ1) is 18.5. The number of halogens is 4. The molecule has 0 aliphatic carbocycles. The fraction of sp³-hybridized carbons (Fsp3) is 0.455. The van der Waals surface area contributed by atoms with Crippen molar-refractivity contribution in [1.82, 2.24) is 10.3 Å². The first-order chi connectivity index (χ1) is 8.80. The minimum atomic E-state index is -4.42. The number of hydrogen-bond acceptors (Lipinski definition) is 4. The van der Waals surface area contributed by atoms with Crippen molar-refractivity contribution >= 4 is 18.3 Å². The first-order valence-electron chi connectivity index (χ1n) is 5.50. The zero-order chi connectivity index (χ0) is 14.5. The molecule has 0 bridgehead atoms. The number of aromatic nitrogens is 1. The van der Waals surface area contributed by atoms with Gasteiger partial charge in [0.2, 0.25) is 11.8 Å². The molecule has 114 valence electrons. The summed E-state index contributed by atoms with van der Waals surface area (Å²) >= 11 is 0. The Morgan fingerprint density at radius 3 is 2.60 bits per heavy atom. The molecular formula is C11H15ClF3N3O2. The van der Waals surface area contributed by atoms with E-state index in [1.54, 1.807) is 0 Å². The third-order valence-corrected chi connectivity index (χ3v) is 2.13.